The van der Waals surface area contributed by atoms with E-state index in [1.54, 1.807) is 32.1 Å². The van der Waals surface area contributed by atoms with Crippen LogP contribution in [-0.2, 0) is 9.59 Å². The second-order valence-electron chi connectivity index (χ2n) is 11.6. The lowest BCUT2D eigenvalue weighted by molar-refractivity contribution is -0.143. The number of nitrogens with zero attached hydrogens (tertiary/aromatic N) is 1. The van der Waals surface area contributed by atoms with Crippen LogP contribution in [0, 0.1) is 24.2 Å². The van der Waals surface area contributed by atoms with Gasteiger partial charge in [-0.3, -0.25) is 9.59 Å². The van der Waals surface area contributed by atoms with E-state index in [9.17, 15) is 19.8 Å². The summed E-state index contributed by atoms with van der Waals surface area (Å²) >= 11 is 1.59. The Morgan fingerprint density at radius 1 is 1.23 bits per heavy atom. The first-order valence-electron chi connectivity index (χ1n) is 12.8. The van der Waals surface area contributed by atoms with E-state index in [2.05, 4.69) is 22.5 Å². The number of carbonyl (C=O) groups is 2. The zero-order valence-electron chi connectivity index (χ0n) is 22.2. The summed E-state index contributed by atoms with van der Waals surface area (Å²) in [5.41, 5.74) is 0.733. The Balaban J connectivity index is 1.85. The van der Waals surface area contributed by atoms with E-state index in [0.29, 0.717) is 0 Å². The van der Waals surface area contributed by atoms with Gasteiger partial charge >= 0.3 is 0 Å². The van der Waals surface area contributed by atoms with Crippen molar-refractivity contribution in [1.29, 1.82) is 0 Å². The molecular formula is C27H43N3O4S. The molecule has 0 aromatic carbocycles. The van der Waals surface area contributed by atoms with Crippen LogP contribution >= 0.6 is 11.3 Å². The zero-order valence-corrected chi connectivity index (χ0v) is 23.0. The van der Waals surface area contributed by atoms with E-state index >= 15 is 0 Å². The summed E-state index contributed by atoms with van der Waals surface area (Å²) in [5, 5.41) is 31.5. The number of aryl methyl sites for hydroxylation is 1. The molecule has 1 aromatic heterocycles. The number of Topliss-reactive ketones (excluding diaryl/α,β-unsaturated/α-hetero) is 1. The largest absolute Gasteiger partial charge is 0.392 e. The fourth-order valence-corrected chi connectivity index (χ4v) is 5.91. The molecule has 2 aliphatic heterocycles. The molecule has 0 saturated carbocycles. The van der Waals surface area contributed by atoms with E-state index in [1.807, 2.05) is 32.2 Å². The van der Waals surface area contributed by atoms with Crippen molar-refractivity contribution in [2.45, 2.75) is 110 Å². The maximum atomic E-state index is 13.2. The number of aliphatic hydroxyl groups is 2. The van der Waals surface area contributed by atoms with E-state index < -0.39 is 23.5 Å². The lowest BCUT2D eigenvalue weighted by Crippen LogP contribution is -2.47. The molecule has 2 fully saturated rings. The molecule has 8 heteroatoms. The molecule has 0 unspecified atom stereocenters. The van der Waals surface area contributed by atoms with Gasteiger partial charge in [-0.15, -0.1) is 11.3 Å². The summed E-state index contributed by atoms with van der Waals surface area (Å²) in [6, 6.07) is 0.0609. The van der Waals surface area contributed by atoms with Gasteiger partial charge in [0.15, 0.2) is 0 Å². The number of carbonyl (C=O) groups excluding carboxylic acids is 2. The van der Waals surface area contributed by atoms with E-state index in [-0.39, 0.29) is 41.7 Å². The van der Waals surface area contributed by atoms with Crippen LogP contribution < -0.4 is 10.6 Å². The summed E-state index contributed by atoms with van der Waals surface area (Å²) in [4.78, 5) is 30.8. The molecule has 7 nitrogen and oxygen atoms in total. The normalized spacial score (nSPS) is 37.5. The summed E-state index contributed by atoms with van der Waals surface area (Å²) in [5.74, 6) is -1.15. The van der Waals surface area contributed by atoms with E-state index in [0.717, 1.165) is 42.0 Å². The number of hydrogen-bond donors (Lipinski definition) is 4. The highest BCUT2D eigenvalue weighted by molar-refractivity contribution is 7.09. The third kappa shape index (κ3) is 6.59. The van der Waals surface area contributed by atoms with Crippen LogP contribution in [0.25, 0.3) is 6.08 Å². The molecule has 7 atom stereocenters. The van der Waals surface area contributed by atoms with Crippen molar-refractivity contribution in [3.05, 3.63) is 21.7 Å². The van der Waals surface area contributed by atoms with Crippen molar-refractivity contribution in [3.8, 4) is 0 Å². The Kier molecular flexibility index (Phi) is 8.62. The maximum absolute atomic E-state index is 13.2. The molecule has 35 heavy (non-hydrogen) atoms. The summed E-state index contributed by atoms with van der Waals surface area (Å²) in [6.07, 6.45) is 3.38. The predicted octanol–water partition coefficient (Wildman–Crippen LogP) is 3.62. The van der Waals surface area contributed by atoms with Crippen LogP contribution in [0.3, 0.4) is 0 Å². The van der Waals surface area contributed by atoms with Gasteiger partial charge in [0, 0.05) is 22.9 Å². The molecule has 0 aliphatic carbocycles. The van der Waals surface area contributed by atoms with Crippen LogP contribution in [0.1, 0.15) is 84.3 Å². The fourth-order valence-electron chi connectivity index (χ4n) is 5.34. The van der Waals surface area contributed by atoms with Gasteiger partial charge < -0.3 is 20.8 Å². The van der Waals surface area contributed by atoms with Gasteiger partial charge in [0.25, 0.3) is 0 Å². The molecule has 2 saturated heterocycles. The number of fused-ring (bicyclic) bond motifs is 1. The zero-order chi connectivity index (χ0) is 26.1. The van der Waals surface area contributed by atoms with Crippen LogP contribution in [0.4, 0.5) is 0 Å². The minimum absolute atomic E-state index is 0.00877. The van der Waals surface area contributed by atoms with Crippen molar-refractivity contribution >= 4 is 29.1 Å². The van der Waals surface area contributed by atoms with Crippen LogP contribution in [-0.4, -0.2) is 56.7 Å². The number of thiazole rings is 1. The maximum Gasteiger partial charge on any atom is 0.223 e. The van der Waals surface area contributed by atoms with Crippen LogP contribution in [0.2, 0.25) is 0 Å². The SMILES string of the molecule is C/C(=C\c1csc(C)n1)[C@@H]1C[C@@H]2N[C@]2(C)CCC[C@H](C)[C@H](O)[C@@H](C)C(=O)C(C)(C)[C@@H](O)CC(=O)N1. The average molecular weight is 506 g/mol. The second-order valence-corrected chi connectivity index (χ2v) is 12.7. The van der Waals surface area contributed by atoms with E-state index in [4.69, 9.17) is 0 Å². The van der Waals surface area contributed by atoms with Gasteiger partial charge in [-0.25, -0.2) is 4.98 Å². The van der Waals surface area contributed by atoms with Gasteiger partial charge in [-0.1, -0.05) is 34.1 Å². The number of aliphatic hydroxyl groups excluding tert-OH is 2. The van der Waals surface area contributed by atoms with Gasteiger partial charge in [-0.05, 0) is 57.6 Å². The Morgan fingerprint density at radius 2 is 1.91 bits per heavy atom. The van der Waals surface area contributed by atoms with Crippen molar-refractivity contribution in [1.82, 2.24) is 15.6 Å². The molecule has 3 rings (SSSR count). The third-order valence-electron chi connectivity index (χ3n) is 8.27. The minimum Gasteiger partial charge on any atom is -0.392 e. The highest BCUT2D eigenvalue weighted by Gasteiger charge is 2.50. The molecule has 0 spiro atoms. The highest BCUT2D eigenvalue weighted by atomic mass is 32.1. The van der Waals surface area contributed by atoms with Crippen molar-refractivity contribution < 1.29 is 19.8 Å². The second kappa shape index (κ2) is 10.8. The lowest BCUT2D eigenvalue weighted by atomic mass is 9.72. The minimum atomic E-state index is -1.15. The van der Waals surface area contributed by atoms with Gasteiger partial charge in [0.05, 0.1) is 40.8 Å². The summed E-state index contributed by atoms with van der Waals surface area (Å²) < 4.78 is 0. The summed E-state index contributed by atoms with van der Waals surface area (Å²) in [7, 11) is 0. The molecule has 1 amide bonds. The summed E-state index contributed by atoms with van der Waals surface area (Å²) in [6.45, 7) is 13.2. The van der Waals surface area contributed by atoms with Crippen molar-refractivity contribution in [2.75, 3.05) is 0 Å². The Morgan fingerprint density at radius 3 is 2.54 bits per heavy atom. The molecule has 0 radical (unpaired) electrons. The molecule has 0 bridgehead atoms. The van der Waals surface area contributed by atoms with Gasteiger partial charge in [-0.2, -0.15) is 0 Å². The third-order valence-corrected chi connectivity index (χ3v) is 9.06. The quantitative estimate of drug-likeness (QED) is 0.456. The monoisotopic (exact) mass is 505 g/mol. The number of nitrogens with one attached hydrogen (secondary N) is 2. The Labute approximate surface area is 213 Å². The van der Waals surface area contributed by atoms with Crippen molar-refractivity contribution in [3.63, 3.8) is 0 Å². The van der Waals surface area contributed by atoms with Crippen LogP contribution in [0.5, 0.6) is 0 Å². The number of amides is 1. The number of ketones is 1. The molecule has 2 aliphatic rings. The molecule has 3 heterocycles. The number of hydrogen-bond acceptors (Lipinski definition) is 7. The van der Waals surface area contributed by atoms with Crippen LogP contribution in [0.15, 0.2) is 11.0 Å². The topological polar surface area (TPSA) is 121 Å². The standard InChI is InChI=1S/C27H43N3O4S/c1-15-9-8-10-27(7)21(30-27)12-20(16(2)11-19-14-35-18(4)28-19)29-23(32)13-22(31)26(5,6)25(34)17(3)24(15)33/h11,14-15,17,20-22,24,30-31,33H,8-10,12-13H2,1-7H3,(H,29,32)/b16-11+/t15-,17+,20-,21-,22-,24-,27+/m0/s1. The molecule has 4 N–H and O–H groups in total. The first-order valence-corrected chi connectivity index (χ1v) is 13.7. The highest BCUT2D eigenvalue weighted by Crippen LogP contribution is 2.37. The van der Waals surface area contributed by atoms with Gasteiger partial charge in [0.1, 0.15) is 5.78 Å². The first kappa shape index (κ1) is 28.0. The number of rotatable bonds is 2. The molecule has 196 valence electrons. The Hall–Kier alpha value is -1.61. The fraction of sp³-hybridized carbons (Fsp3) is 0.741. The van der Waals surface area contributed by atoms with Crippen molar-refractivity contribution in [2.24, 2.45) is 17.3 Å². The molecular weight excluding hydrogens is 462 g/mol. The smallest absolute Gasteiger partial charge is 0.223 e. The van der Waals surface area contributed by atoms with E-state index in [1.165, 1.54) is 0 Å². The Bertz CT molecular complexity index is 958. The lowest BCUT2D eigenvalue weighted by Gasteiger charge is -2.34. The van der Waals surface area contributed by atoms with Gasteiger partial charge in [0.2, 0.25) is 5.91 Å². The average Bonchev–Trinajstić information content (AvgIpc) is 3.22. The first-order chi connectivity index (χ1) is 16.2. The predicted molar refractivity (Wildman–Crippen MR) is 140 cm³/mol. The molecule has 1 aromatic rings. The number of aromatic nitrogens is 1.